The number of carbonyl (C=O) groups is 1. The second-order valence-corrected chi connectivity index (χ2v) is 5.80. The quantitative estimate of drug-likeness (QED) is 0.710. The summed E-state index contributed by atoms with van der Waals surface area (Å²) in [6.45, 7) is 0. The van der Waals surface area contributed by atoms with E-state index in [0.717, 1.165) is 0 Å². The molecule has 96 valence electrons. The molecule has 0 bridgehead atoms. The maximum Gasteiger partial charge on any atom is 0.356 e. The van der Waals surface area contributed by atoms with Gasteiger partial charge in [0.05, 0.1) is 23.1 Å². The van der Waals surface area contributed by atoms with Gasteiger partial charge in [0.15, 0.2) is 5.69 Å². The molecule has 2 aromatic rings. The first-order valence-corrected chi connectivity index (χ1v) is 6.93. The second kappa shape index (κ2) is 4.33. The van der Waals surface area contributed by atoms with Crippen molar-refractivity contribution in [2.75, 3.05) is 0 Å². The summed E-state index contributed by atoms with van der Waals surface area (Å²) in [6.07, 6.45) is 1.99. The van der Waals surface area contributed by atoms with Crippen LogP contribution in [0, 0.1) is 0 Å². The van der Waals surface area contributed by atoms with Crippen LogP contribution in [0.1, 0.15) is 16.2 Å². The van der Waals surface area contributed by atoms with Crippen LogP contribution in [-0.4, -0.2) is 30.3 Å². The molecular weight excluding hydrogens is 283 g/mol. The largest absolute Gasteiger partial charge is 0.476 e. The standard InChI is InChI=1S/C8H8ClN4O4P/c9-4-1-11-8-12-5(7(14)15)2-13(8)6(4)3-18(10,16)17/h1-2H,3H2,(H,14,15)(H3,10,16,17). The molecule has 1 unspecified atom stereocenters. The molecule has 4 N–H and O–H groups in total. The molecule has 0 amide bonds. The minimum absolute atomic E-state index is 0.0697. The van der Waals surface area contributed by atoms with E-state index in [0.29, 0.717) is 0 Å². The number of hydrogen-bond donors (Lipinski definition) is 3. The lowest BCUT2D eigenvalue weighted by Gasteiger charge is -2.08. The molecule has 8 nitrogen and oxygen atoms in total. The van der Waals surface area contributed by atoms with Crippen LogP contribution >= 0.6 is 19.1 Å². The van der Waals surface area contributed by atoms with Crippen LogP contribution in [0.5, 0.6) is 0 Å². The van der Waals surface area contributed by atoms with Gasteiger partial charge in [-0.1, -0.05) is 11.6 Å². The monoisotopic (exact) mass is 290 g/mol. The third kappa shape index (κ3) is 2.51. The summed E-state index contributed by atoms with van der Waals surface area (Å²) in [4.78, 5) is 27.5. The van der Waals surface area contributed by atoms with Crippen LogP contribution in [0.25, 0.3) is 5.78 Å². The van der Waals surface area contributed by atoms with Crippen molar-refractivity contribution >= 4 is 30.9 Å². The topological polar surface area (TPSA) is 131 Å². The SMILES string of the molecule is NP(=O)(O)Cc1c(Cl)cnc2nc(C(=O)O)cn12. The normalized spacial score (nSPS) is 14.6. The van der Waals surface area contributed by atoms with Crippen molar-refractivity contribution in [2.45, 2.75) is 6.16 Å². The Balaban J connectivity index is 2.66. The molecule has 0 aliphatic heterocycles. The van der Waals surface area contributed by atoms with Gasteiger partial charge in [-0.2, -0.15) is 0 Å². The van der Waals surface area contributed by atoms with E-state index in [9.17, 15) is 14.3 Å². The van der Waals surface area contributed by atoms with Gasteiger partial charge in [0.25, 0.3) is 7.52 Å². The zero-order valence-corrected chi connectivity index (χ0v) is 10.5. The maximum absolute atomic E-state index is 11.2. The number of nitrogens with two attached hydrogens (primary N) is 1. The highest BCUT2D eigenvalue weighted by Crippen LogP contribution is 2.37. The first kappa shape index (κ1) is 13.0. The number of imidazole rings is 1. The molecule has 0 spiro atoms. The molecule has 2 rings (SSSR count). The van der Waals surface area contributed by atoms with Gasteiger partial charge in [-0.25, -0.2) is 14.8 Å². The maximum atomic E-state index is 11.2. The smallest absolute Gasteiger partial charge is 0.356 e. The summed E-state index contributed by atoms with van der Waals surface area (Å²) in [7, 11) is -3.84. The van der Waals surface area contributed by atoms with Crippen LogP contribution in [0.4, 0.5) is 0 Å². The Labute approximate surface area is 106 Å². The third-order valence-electron chi connectivity index (χ3n) is 2.14. The number of hydrogen-bond acceptors (Lipinski definition) is 4. The second-order valence-electron chi connectivity index (χ2n) is 3.57. The Morgan fingerprint density at radius 3 is 2.83 bits per heavy atom. The third-order valence-corrected chi connectivity index (χ3v) is 3.21. The molecule has 0 fully saturated rings. The summed E-state index contributed by atoms with van der Waals surface area (Å²) < 4.78 is 12.5. The number of carboxylic acid groups (broad SMARTS) is 1. The Bertz CT molecular complexity index is 679. The molecule has 18 heavy (non-hydrogen) atoms. The summed E-state index contributed by atoms with van der Waals surface area (Å²) in [5.41, 5.74) is 5.03. The zero-order chi connectivity index (χ0) is 13.5. The van der Waals surface area contributed by atoms with Crippen molar-refractivity contribution in [3.63, 3.8) is 0 Å². The predicted molar refractivity (Wildman–Crippen MR) is 62.7 cm³/mol. The number of fused-ring (bicyclic) bond motifs is 1. The van der Waals surface area contributed by atoms with Crippen molar-refractivity contribution in [3.8, 4) is 0 Å². The van der Waals surface area contributed by atoms with Crippen molar-refractivity contribution in [3.05, 3.63) is 28.8 Å². The molecule has 0 radical (unpaired) electrons. The summed E-state index contributed by atoms with van der Waals surface area (Å²) in [5, 5.41) is 8.92. The lowest BCUT2D eigenvalue weighted by molar-refractivity contribution is 0.0691. The van der Waals surface area contributed by atoms with E-state index >= 15 is 0 Å². The molecular formula is C8H8ClN4O4P. The van der Waals surface area contributed by atoms with Crippen LogP contribution in [0.2, 0.25) is 5.02 Å². The lowest BCUT2D eigenvalue weighted by atomic mass is 10.4. The highest BCUT2D eigenvalue weighted by atomic mass is 35.5. The number of aromatic carboxylic acids is 1. The van der Waals surface area contributed by atoms with E-state index in [1.165, 1.54) is 16.8 Å². The summed E-state index contributed by atoms with van der Waals surface area (Å²) in [5.74, 6) is -1.16. The average molecular weight is 291 g/mol. The number of rotatable bonds is 3. The molecule has 0 aliphatic rings. The van der Waals surface area contributed by atoms with Crippen LogP contribution < -0.4 is 5.50 Å². The fraction of sp³-hybridized carbons (Fsp3) is 0.125. The zero-order valence-electron chi connectivity index (χ0n) is 8.82. The van der Waals surface area contributed by atoms with E-state index < -0.39 is 19.7 Å². The molecule has 0 saturated carbocycles. The molecule has 2 heterocycles. The first-order valence-electron chi connectivity index (χ1n) is 4.64. The van der Waals surface area contributed by atoms with E-state index in [4.69, 9.17) is 22.2 Å². The minimum atomic E-state index is -3.84. The van der Waals surface area contributed by atoms with Gasteiger partial charge in [-0.3, -0.25) is 14.5 Å². The van der Waals surface area contributed by atoms with E-state index in [1.807, 2.05) is 0 Å². The number of aromatic nitrogens is 3. The number of nitrogens with zero attached hydrogens (tertiary/aromatic N) is 3. The summed E-state index contributed by atoms with van der Waals surface area (Å²) in [6, 6.07) is 0. The van der Waals surface area contributed by atoms with Gasteiger partial charge >= 0.3 is 5.97 Å². The van der Waals surface area contributed by atoms with Gasteiger partial charge < -0.3 is 10.00 Å². The Morgan fingerprint density at radius 2 is 2.28 bits per heavy atom. The average Bonchev–Trinajstić information content (AvgIpc) is 2.65. The Kier molecular flexibility index (Phi) is 3.12. The van der Waals surface area contributed by atoms with Gasteiger partial charge in [-0.15, -0.1) is 0 Å². The molecule has 0 aliphatic carbocycles. The molecule has 10 heteroatoms. The summed E-state index contributed by atoms with van der Waals surface area (Å²) >= 11 is 5.85. The van der Waals surface area contributed by atoms with Crippen LogP contribution in [0.3, 0.4) is 0 Å². The molecule has 0 saturated heterocycles. The fourth-order valence-corrected chi connectivity index (χ4v) is 2.49. The fourth-order valence-electron chi connectivity index (χ4n) is 1.43. The van der Waals surface area contributed by atoms with E-state index in [1.54, 1.807) is 0 Å². The van der Waals surface area contributed by atoms with E-state index in [-0.39, 0.29) is 22.2 Å². The van der Waals surface area contributed by atoms with Crippen LogP contribution in [-0.2, 0) is 10.7 Å². The Hall–Kier alpha value is -1.47. The highest BCUT2D eigenvalue weighted by molar-refractivity contribution is 7.54. The number of halogens is 1. The lowest BCUT2D eigenvalue weighted by Crippen LogP contribution is -2.04. The highest BCUT2D eigenvalue weighted by Gasteiger charge is 2.20. The van der Waals surface area contributed by atoms with Gasteiger partial charge in [0, 0.05) is 6.20 Å². The van der Waals surface area contributed by atoms with Gasteiger partial charge in [-0.05, 0) is 0 Å². The first-order chi connectivity index (χ1) is 8.28. The minimum Gasteiger partial charge on any atom is -0.476 e. The van der Waals surface area contributed by atoms with Gasteiger partial charge in [0.2, 0.25) is 5.78 Å². The van der Waals surface area contributed by atoms with Gasteiger partial charge in [0.1, 0.15) is 0 Å². The van der Waals surface area contributed by atoms with E-state index in [2.05, 4.69) is 9.97 Å². The van der Waals surface area contributed by atoms with Crippen molar-refractivity contribution in [1.29, 1.82) is 0 Å². The molecule has 2 aromatic heterocycles. The van der Waals surface area contributed by atoms with Crippen LogP contribution in [0.15, 0.2) is 12.4 Å². The van der Waals surface area contributed by atoms with Crippen molar-refractivity contribution in [1.82, 2.24) is 14.4 Å². The molecule has 1 atom stereocenters. The van der Waals surface area contributed by atoms with Crippen molar-refractivity contribution < 1.29 is 19.4 Å². The number of carboxylic acids is 1. The predicted octanol–water partition coefficient (Wildman–Crippen LogP) is 0.725. The van der Waals surface area contributed by atoms with Crippen molar-refractivity contribution in [2.24, 2.45) is 5.50 Å². The Morgan fingerprint density at radius 1 is 1.61 bits per heavy atom. The molecule has 0 aromatic carbocycles.